The fraction of sp³-hybridized carbons (Fsp3) is 0.208. The van der Waals surface area contributed by atoms with Gasteiger partial charge in [-0.2, -0.15) is 0 Å². The SMILES string of the molecule is CCOc1ccc(OCCOC(=O)c2ccc(S(=O)(=O)N(C)c3ccccc3)cc2)cc1. The lowest BCUT2D eigenvalue weighted by molar-refractivity contribution is 0.0450. The Bertz CT molecular complexity index is 1110. The van der Waals surface area contributed by atoms with Crippen LogP contribution in [0.3, 0.4) is 0 Å². The van der Waals surface area contributed by atoms with Crippen molar-refractivity contribution in [3.8, 4) is 11.5 Å². The molecule has 168 valence electrons. The van der Waals surface area contributed by atoms with Gasteiger partial charge in [0.2, 0.25) is 0 Å². The summed E-state index contributed by atoms with van der Waals surface area (Å²) in [5, 5.41) is 0. The summed E-state index contributed by atoms with van der Waals surface area (Å²) < 4.78 is 42.9. The van der Waals surface area contributed by atoms with E-state index >= 15 is 0 Å². The van der Waals surface area contributed by atoms with Crippen LogP contribution in [0.2, 0.25) is 0 Å². The third-order valence-electron chi connectivity index (χ3n) is 4.59. The molecule has 7 nitrogen and oxygen atoms in total. The maximum atomic E-state index is 12.8. The molecule has 3 aromatic rings. The van der Waals surface area contributed by atoms with Crippen LogP contribution in [0.4, 0.5) is 5.69 Å². The number of carbonyl (C=O) groups excluding carboxylic acids is 1. The second kappa shape index (κ2) is 10.7. The van der Waals surface area contributed by atoms with Crippen molar-refractivity contribution in [2.75, 3.05) is 31.2 Å². The molecule has 0 saturated carbocycles. The maximum absolute atomic E-state index is 12.8. The first-order valence-corrected chi connectivity index (χ1v) is 11.5. The van der Waals surface area contributed by atoms with Crippen LogP contribution in [-0.2, 0) is 14.8 Å². The lowest BCUT2D eigenvalue weighted by atomic mass is 10.2. The van der Waals surface area contributed by atoms with E-state index in [1.54, 1.807) is 48.5 Å². The lowest BCUT2D eigenvalue weighted by Crippen LogP contribution is -2.26. The van der Waals surface area contributed by atoms with Crippen LogP contribution in [-0.4, -0.2) is 41.3 Å². The van der Waals surface area contributed by atoms with Crippen molar-refractivity contribution in [2.45, 2.75) is 11.8 Å². The number of esters is 1. The number of benzene rings is 3. The third-order valence-corrected chi connectivity index (χ3v) is 6.39. The van der Waals surface area contributed by atoms with Gasteiger partial charge in [-0.15, -0.1) is 0 Å². The zero-order chi connectivity index (χ0) is 23.0. The van der Waals surface area contributed by atoms with Crippen LogP contribution in [0.1, 0.15) is 17.3 Å². The summed E-state index contributed by atoms with van der Waals surface area (Å²) in [4.78, 5) is 12.3. The smallest absolute Gasteiger partial charge is 0.338 e. The van der Waals surface area contributed by atoms with E-state index in [1.807, 2.05) is 13.0 Å². The van der Waals surface area contributed by atoms with Gasteiger partial charge in [-0.25, -0.2) is 13.2 Å². The Morgan fingerprint density at radius 3 is 2.00 bits per heavy atom. The Balaban J connectivity index is 1.52. The molecule has 3 aromatic carbocycles. The number of anilines is 1. The highest BCUT2D eigenvalue weighted by Crippen LogP contribution is 2.22. The van der Waals surface area contributed by atoms with Gasteiger partial charge in [0, 0.05) is 7.05 Å². The van der Waals surface area contributed by atoms with E-state index in [9.17, 15) is 13.2 Å². The van der Waals surface area contributed by atoms with E-state index in [4.69, 9.17) is 14.2 Å². The normalized spacial score (nSPS) is 10.9. The zero-order valence-electron chi connectivity index (χ0n) is 17.9. The van der Waals surface area contributed by atoms with Crippen LogP contribution >= 0.6 is 0 Å². The van der Waals surface area contributed by atoms with Crippen LogP contribution in [0.15, 0.2) is 83.8 Å². The summed E-state index contributed by atoms with van der Waals surface area (Å²) in [6.45, 7) is 2.75. The molecule has 0 amide bonds. The molecule has 0 saturated heterocycles. The molecule has 0 bridgehead atoms. The molecular formula is C24H25NO6S. The summed E-state index contributed by atoms with van der Waals surface area (Å²) in [7, 11) is -2.26. The van der Waals surface area contributed by atoms with Crippen molar-refractivity contribution in [1.82, 2.24) is 0 Å². The number of ether oxygens (including phenoxy) is 3. The minimum absolute atomic E-state index is 0.0584. The average Bonchev–Trinajstić information content (AvgIpc) is 2.83. The molecule has 3 rings (SSSR count). The molecule has 0 aliphatic carbocycles. The van der Waals surface area contributed by atoms with E-state index in [2.05, 4.69) is 0 Å². The molecule has 0 spiro atoms. The molecule has 0 unspecified atom stereocenters. The number of hydrogen-bond acceptors (Lipinski definition) is 6. The highest BCUT2D eigenvalue weighted by atomic mass is 32.2. The van der Waals surface area contributed by atoms with Crippen molar-refractivity contribution in [1.29, 1.82) is 0 Å². The molecule has 0 fully saturated rings. The molecule has 0 N–H and O–H groups in total. The van der Waals surface area contributed by atoms with Crippen molar-refractivity contribution in [2.24, 2.45) is 0 Å². The molecule has 0 heterocycles. The maximum Gasteiger partial charge on any atom is 0.338 e. The number of hydrogen-bond donors (Lipinski definition) is 0. The van der Waals surface area contributed by atoms with Crippen molar-refractivity contribution >= 4 is 21.7 Å². The predicted octanol–water partition coefficient (Wildman–Crippen LogP) is 4.15. The Morgan fingerprint density at radius 1 is 0.812 bits per heavy atom. The largest absolute Gasteiger partial charge is 0.494 e. The standard InChI is InChI=1S/C24H25NO6S/c1-3-29-21-11-13-22(14-12-21)30-17-18-31-24(26)19-9-15-23(16-10-19)32(27,28)25(2)20-7-5-4-6-8-20/h4-16H,3,17-18H2,1-2H3. The zero-order valence-corrected chi connectivity index (χ0v) is 18.7. The molecule has 0 aliphatic rings. The molecule has 0 atom stereocenters. The topological polar surface area (TPSA) is 82.1 Å². The van der Waals surface area contributed by atoms with Gasteiger partial charge < -0.3 is 14.2 Å². The van der Waals surface area contributed by atoms with Crippen LogP contribution < -0.4 is 13.8 Å². The second-order valence-corrected chi connectivity index (χ2v) is 8.69. The molecular weight excluding hydrogens is 430 g/mol. The highest BCUT2D eigenvalue weighted by molar-refractivity contribution is 7.92. The first-order valence-electron chi connectivity index (χ1n) is 10.1. The Hall–Kier alpha value is -3.52. The molecule has 8 heteroatoms. The quantitative estimate of drug-likeness (QED) is 0.337. The van der Waals surface area contributed by atoms with Gasteiger partial charge in [-0.05, 0) is 67.6 Å². The molecule has 0 aromatic heterocycles. The van der Waals surface area contributed by atoms with Gasteiger partial charge in [0.15, 0.2) is 0 Å². The monoisotopic (exact) mass is 455 g/mol. The van der Waals surface area contributed by atoms with Crippen LogP contribution in [0.25, 0.3) is 0 Å². The molecule has 0 radical (unpaired) electrons. The van der Waals surface area contributed by atoms with E-state index in [0.29, 0.717) is 18.0 Å². The summed E-state index contributed by atoms with van der Waals surface area (Å²) in [5.74, 6) is 0.842. The summed E-state index contributed by atoms with van der Waals surface area (Å²) in [5.41, 5.74) is 0.802. The van der Waals surface area contributed by atoms with E-state index in [0.717, 1.165) is 5.75 Å². The number of nitrogens with zero attached hydrogens (tertiary/aromatic N) is 1. The second-order valence-electron chi connectivity index (χ2n) is 6.72. The minimum atomic E-state index is -3.74. The minimum Gasteiger partial charge on any atom is -0.494 e. The van der Waals surface area contributed by atoms with Crippen molar-refractivity contribution in [3.05, 3.63) is 84.4 Å². The fourth-order valence-corrected chi connectivity index (χ4v) is 4.07. The van der Waals surface area contributed by atoms with Gasteiger partial charge in [0.25, 0.3) is 10.0 Å². The summed E-state index contributed by atoms with van der Waals surface area (Å²) in [6, 6.07) is 21.6. The summed E-state index contributed by atoms with van der Waals surface area (Å²) in [6.07, 6.45) is 0. The number of para-hydroxylation sites is 1. The molecule has 0 aliphatic heterocycles. The van der Waals surface area contributed by atoms with Crippen LogP contribution in [0.5, 0.6) is 11.5 Å². The number of carbonyl (C=O) groups is 1. The fourth-order valence-electron chi connectivity index (χ4n) is 2.87. The Kier molecular flexibility index (Phi) is 7.72. The Labute approximate surface area is 188 Å². The highest BCUT2D eigenvalue weighted by Gasteiger charge is 2.21. The Morgan fingerprint density at radius 2 is 1.41 bits per heavy atom. The lowest BCUT2D eigenvalue weighted by Gasteiger charge is -2.19. The number of sulfonamides is 1. The molecule has 32 heavy (non-hydrogen) atoms. The first-order chi connectivity index (χ1) is 15.4. The van der Waals surface area contributed by atoms with E-state index < -0.39 is 16.0 Å². The summed E-state index contributed by atoms with van der Waals surface area (Å²) >= 11 is 0. The van der Waals surface area contributed by atoms with E-state index in [-0.39, 0.29) is 23.7 Å². The van der Waals surface area contributed by atoms with Crippen LogP contribution in [0, 0.1) is 0 Å². The number of rotatable bonds is 10. The average molecular weight is 456 g/mol. The van der Waals surface area contributed by atoms with Gasteiger partial charge >= 0.3 is 5.97 Å². The van der Waals surface area contributed by atoms with Gasteiger partial charge in [-0.3, -0.25) is 4.31 Å². The first kappa shape index (κ1) is 23.1. The van der Waals surface area contributed by atoms with E-state index in [1.165, 1.54) is 35.6 Å². The van der Waals surface area contributed by atoms with Gasteiger partial charge in [0.1, 0.15) is 24.7 Å². The van der Waals surface area contributed by atoms with Gasteiger partial charge in [-0.1, -0.05) is 18.2 Å². The van der Waals surface area contributed by atoms with Crippen molar-refractivity contribution in [3.63, 3.8) is 0 Å². The van der Waals surface area contributed by atoms with Gasteiger partial charge in [0.05, 0.1) is 22.8 Å². The third kappa shape index (κ3) is 5.79. The predicted molar refractivity (Wildman–Crippen MR) is 122 cm³/mol. The van der Waals surface area contributed by atoms with Crippen molar-refractivity contribution < 1.29 is 27.4 Å².